The number of nitrogens with one attached hydrogen (secondary N) is 1. The van der Waals surface area contributed by atoms with E-state index in [-0.39, 0.29) is 0 Å². The molecule has 100 valence electrons. The molecule has 0 aliphatic carbocycles. The van der Waals surface area contributed by atoms with Gasteiger partial charge in [-0.2, -0.15) is 0 Å². The van der Waals surface area contributed by atoms with Crippen LogP contribution in [0.5, 0.6) is 0 Å². The smallest absolute Gasteiger partial charge is 0.116 e. The van der Waals surface area contributed by atoms with Crippen molar-refractivity contribution in [3.8, 4) is 0 Å². The Labute approximate surface area is 118 Å². The van der Waals surface area contributed by atoms with Gasteiger partial charge in [0.15, 0.2) is 0 Å². The minimum absolute atomic E-state index is 0.648. The van der Waals surface area contributed by atoms with Gasteiger partial charge in [-0.1, -0.05) is 19.9 Å². The summed E-state index contributed by atoms with van der Waals surface area (Å²) in [5.41, 5.74) is 1.20. The Morgan fingerprint density at radius 2 is 2.11 bits per heavy atom. The summed E-state index contributed by atoms with van der Waals surface area (Å²) >= 11 is 1.57. The van der Waals surface area contributed by atoms with Crippen molar-refractivity contribution in [3.63, 3.8) is 0 Å². The van der Waals surface area contributed by atoms with E-state index >= 15 is 0 Å². The normalized spacial score (nSPS) is 10.9. The zero-order valence-electron chi connectivity index (χ0n) is 11.2. The summed E-state index contributed by atoms with van der Waals surface area (Å²) in [5, 5.41) is 5.35. The molecule has 19 heavy (non-hydrogen) atoms. The van der Waals surface area contributed by atoms with Gasteiger partial charge in [-0.15, -0.1) is 0 Å². The number of pyridine rings is 1. The van der Waals surface area contributed by atoms with E-state index in [1.807, 2.05) is 18.3 Å². The molecule has 2 aromatic rings. The van der Waals surface area contributed by atoms with Crippen LogP contribution in [0.2, 0.25) is 0 Å². The summed E-state index contributed by atoms with van der Waals surface area (Å²) in [6.45, 7) is 6.24. The van der Waals surface area contributed by atoms with Gasteiger partial charge in [-0.05, 0) is 41.9 Å². The Balaban J connectivity index is 2.04. The molecule has 0 saturated heterocycles. The molecule has 0 fully saturated rings. The number of hydrogen-bond acceptors (Lipinski definition) is 5. The maximum absolute atomic E-state index is 4.43. The highest BCUT2D eigenvalue weighted by Crippen LogP contribution is 2.26. The average molecular weight is 274 g/mol. The second kappa shape index (κ2) is 7.21. The average Bonchev–Trinajstić information content (AvgIpc) is 2.41. The minimum Gasteiger partial charge on any atom is -0.312 e. The molecule has 0 aromatic carbocycles. The number of aromatic nitrogens is 3. The highest BCUT2D eigenvalue weighted by molar-refractivity contribution is 7.99. The van der Waals surface area contributed by atoms with Crippen LogP contribution >= 0.6 is 11.8 Å². The summed E-state index contributed by atoms with van der Waals surface area (Å²) in [7, 11) is 0. The molecular weight excluding hydrogens is 256 g/mol. The topological polar surface area (TPSA) is 50.7 Å². The summed E-state index contributed by atoms with van der Waals surface area (Å²) in [4.78, 5) is 12.6. The van der Waals surface area contributed by atoms with Crippen LogP contribution in [0.1, 0.15) is 19.4 Å². The maximum atomic E-state index is 4.43. The third-order valence-electron chi connectivity index (χ3n) is 2.47. The van der Waals surface area contributed by atoms with Crippen molar-refractivity contribution in [2.24, 2.45) is 5.92 Å². The van der Waals surface area contributed by atoms with Crippen molar-refractivity contribution < 1.29 is 0 Å². The van der Waals surface area contributed by atoms with Crippen molar-refractivity contribution in [2.45, 2.75) is 30.4 Å². The van der Waals surface area contributed by atoms with Crippen molar-refractivity contribution in [2.75, 3.05) is 6.54 Å². The number of nitrogens with zero attached hydrogens (tertiary/aromatic N) is 3. The monoisotopic (exact) mass is 274 g/mol. The molecule has 0 radical (unpaired) electrons. The zero-order chi connectivity index (χ0) is 13.5. The van der Waals surface area contributed by atoms with Crippen LogP contribution in [0.25, 0.3) is 0 Å². The fraction of sp³-hybridized carbons (Fsp3) is 0.357. The van der Waals surface area contributed by atoms with Crippen LogP contribution in [0.3, 0.4) is 0 Å². The largest absolute Gasteiger partial charge is 0.312 e. The zero-order valence-corrected chi connectivity index (χ0v) is 12.0. The van der Waals surface area contributed by atoms with Gasteiger partial charge < -0.3 is 5.32 Å². The summed E-state index contributed by atoms with van der Waals surface area (Å²) in [5.74, 6) is 0.648. The molecule has 0 spiro atoms. The molecule has 0 atom stereocenters. The van der Waals surface area contributed by atoms with E-state index in [0.29, 0.717) is 5.92 Å². The molecule has 0 saturated carbocycles. The lowest BCUT2D eigenvalue weighted by Gasteiger charge is -2.10. The summed E-state index contributed by atoms with van der Waals surface area (Å²) in [6.07, 6.45) is 5.12. The van der Waals surface area contributed by atoms with E-state index < -0.39 is 0 Å². The Hall–Kier alpha value is -1.46. The van der Waals surface area contributed by atoms with Crippen LogP contribution in [0.15, 0.2) is 47.0 Å². The highest BCUT2D eigenvalue weighted by atomic mass is 32.2. The maximum Gasteiger partial charge on any atom is 0.116 e. The molecule has 5 heteroatoms. The lowest BCUT2D eigenvalue weighted by atomic mass is 10.2. The fourth-order valence-electron chi connectivity index (χ4n) is 1.58. The third-order valence-corrected chi connectivity index (χ3v) is 3.49. The fourth-order valence-corrected chi connectivity index (χ4v) is 2.40. The minimum atomic E-state index is 0.648. The molecule has 0 aliphatic heterocycles. The Kier molecular flexibility index (Phi) is 5.30. The molecule has 0 bridgehead atoms. The Morgan fingerprint density at radius 3 is 2.84 bits per heavy atom. The lowest BCUT2D eigenvalue weighted by Crippen LogP contribution is -2.19. The molecule has 2 aromatic heterocycles. The van der Waals surface area contributed by atoms with Crippen molar-refractivity contribution in [1.82, 2.24) is 20.3 Å². The van der Waals surface area contributed by atoms with E-state index in [9.17, 15) is 0 Å². The predicted molar refractivity (Wildman–Crippen MR) is 76.9 cm³/mol. The van der Waals surface area contributed by atoms with Gasteiger partial charge >= 0.3 is 0 Å². The number of hydrogen-bond donors (Lipinski definition) is 1. The van der Waals surface area contributed by atoms with Crippen molar-refractivity contribution >= 4 is 11.8 Å². The SMILES string of the molecule is CC(C)CNCc1cccnc1Sc1ccncn1. The van der Waals surface area contributed by atoms with E-state index in [0.717, 1.165) is 23.1 Å². The standard InChI is InChI=1S/C14H18N4S/c1-11(2)8-16-9-12-4-3-6-17-14(12)19-13-5-7-15-10-18-13/h3-7,10-11,16H,8-9H2,1-2H3. The Bertz CT molecular complexity index is 502. The van der Waals surface area contributed by atoms with Gasteiger partial charge in [0.05, 0.1) is 0 Å². The van der Waals surface area contributed by atoms with Crippen LogP contribution in [-0.4, -0.2) is 21.5 Å². The molecular formula is C14H18N4S. The molecule has 0 amide bonds. The molecule has 2 heterocycles. The molecule has 4 nitrogen and oxygen atoms in total. The lowest BCUT2D eigenvalue weighted by molar-refractivity contribution is 0.549. The second-order valence-corrected chi connectivity index (χ2v) is 5.65. The van der Waals surface area contributed by atoms with Crippen LogP contribution in [-0.2, 0) is 6.54 Å². The van der Waals surface area contributed by atoms with Crippen molar-refractivity contribution in [3.05, 3.63) is 42.5 Å². The van der Waals surface area contributed by atoms with Gasteiger partial charge in [-0.3, -0.25) is 0 Å². The van der Waals surface area contributed by atoms with Crippen molar-refractivity contribution in [1.29, 1.82) is 0 Å². The third kappa shape index (κ3) is 4.61. The Morgan fingerprint density at radius 1 is 1.21 bits per heavy atom. The van der Waals surface area contributed by atoms with Gasteiger partial charge in [0, 0.05) is 18.9 Å². The van der Waals surface area contributed by atoms with Gasteiger partial charge in [0.2, 0.25) is 0 Å². The second-order valence-electron chi connectivity index (χ2n) is 4.64. The predicted octanol–water partition coefficient (Wildman–Crippen LogP) is 2.77. The van der Waals surface area contributed by atoms with E-state index in [1.165, 1.54) is 5.56 Å². The van der Waals surface area contributed by atoms with E-state index in [1.54, 1.807) is 24.3 Å². The molecule has 0 unspecified atom stereocenters. The molecule has 1 N–H and O–H groups in total. The molecule has 0 aliphatic rings. The quantitative estimate of drug-likeness (QED) is 0.821. The highest BCUT2D eigenvalue weighted by Gasteiger charge is 2.06. The first-order chi connectivity index (χ1) is 9.25. The van der Waals surface area contributed by atoms with Crippen LogP contribution < -0.4 is 5.32 Å². The van der Waals surface area contributed by atoms with E-state index in [2.05, 4.69) is 40.2 Å². The van der Waals surface area contributed by atoms with Crippen LogP contribution in [0, 0.1) is 5.92 Å². The molecule has 2 rings (SSSR count). The summed E-state index contributed by atoms with van der Waals surface area (Å²) < 4.78 is 0. The summed E-state index contributed by atoms with van der Waals surface area (Å²) in [6, 6.07) is 5.96. The number of rotatable bonds is 6. The van der Waals surface area contributed by atoms with Gasteiger partial charge in [-0.25, -0.2) is 15.0 Å². The first-order valence-corrected chi connectivity index (χ1v) is 7.16. The van der Waals surface area contributed by atoms with Gasteiger partial charge in [0.25, 0.3) is 0 Å². The van der Waals surface area contributed by atoms with Gasteiger partial charge in [0.1, 0.15) is 16.4 Å². The van der Waals surface area contributed by atoms with E-state index in [4.69, 9.17) is 0 Å². The first kappa shape index (κ1) is 14.0. The first-order valence-electron chi connectivity index (χ1n) is 6.34. The van der Waals surface area contributed by atoms with Crippen LogP contribution in [0.4, 0.5) is 0 Å².